The van der Waals surface area contributed by atoms with Gasteiger partial charge in [-0.2, -0.15) is 0 Å². The molecule has 0 aliphatic rings. The van der Waals surface area contributed by atoms with Crippen LogP contribution < -0.4 is 4.90 Å². The predicted octanol–water partition coefficient (Wildman–Crippen LogP) is 11.7. The minimum absolute atomic E-state index is 0.291. The van der Waals surface area contributed by atoms with Gasteiger partial charge in [0.05, 0.1) is 5.69 Å². The molecule has 2 aromatic heterocycles. The molecule has 5 nitrogen and oxygen atoms in total. The molecule has 0 saturated heterocycles. The lowest BCUT2D eigenvalue weighted by Gasteiger charge is -2.21. The fraction of sp³-hybridized carbons (Fsp3) is 0.116. The van der Waals surface area contributed by atoms with Crippen molar-refractivity contribution in [2.75, 3.05) is 18.0 Å². The van der Waals surface area contributed by atoms with E-state index in [1.165, 1.54) is 12.1 Å². The summed E-state index contributed by atoms with van der Waals surface area (Å²) >= 11 is 0. The fourth-order valence-electron chi connectivity index (χ4n) is 6.36. The zero-order valence-electron chi connectivity index (χ0n) is 27.9. The molecular formula is C43H33F2N3O2. The summed E-state index contributed by atoms with van der Waals surface area (Å²) in [5, 5.41) is 0. The van der Waals surface area contributed by atoms with Crippen molar-refractivity contribution in [3.63, 3.8) is 0 Å². The van der Waals surface area contributed by atoms with Crippen LogP contribution in [0.4, 0.5) is 14.5 Å². The number of halogens is 2. The quantitative estimate of drug-likeness (QED) is 0.162. The van der Waals surface area contributed by atoms with Gasteiger partial charge in [0.2, 0.25) is 11.8 Å². The number of fused-ring (bicyclic) bond motifs is 2. The molecule has 50 heavy (non-hydrogen) atoms. The fourth-order valence-corrected chi connectivity index (χ4v) is 6.36. The lowest BCUT2D eigenvalue weighted by atomic mass is 9.97. The first kappa shape index (κ1) is 31.2. The largest absolute Gasteiger partial charge is 0.436 e. The Bertz CT molecular complexity index is 2420. The normalized spacial score (nSPS) is 11.5. The molecule has 0 unspecified atom stereocenters. The van der Waals surface area contributed by atoms with E-state index >= 15 is 0 Å². The Morgan fingerprint density at radius 1 is 0.480 bits per heavy atom. The Hall–Kier alpha value is -6.08. The summed E-state index contributed by atoms with van der Waals surface area (Å²) in [4.78, 5) is 11.0. The van der Waals surface area contributed by atoms with Crippen molar-refractivity contribution < 1.29 is 17.6 Å². The molecule has 7 heteroatoms. The van der Waals surface area contributed by atoms with Crippen LogP contribution in [0, 0.1) is 18.6 Å². The van der Waals surface area contributed by atoms with E-state index in [1.54, 1.807) is 19.1 Å². The second-order valence-electron chi connectivity index (χ2n) is 12.4. The zero-order chi connectivity index (χ0) is 34.4. The van der Waals surface area contributed by atoms with E-state index in [1.807, 2.05) is 67.3 Å². The molecule has 0 atom stereocenters. The van der Waals surface area contributed by atoms with E-state index in [0.717, 1.165) is 44.5 Å². The van der Waals surface area contributed by atoms with Crippen LogP contribution in [0.5, 0.6) is 0 Å². The first-order valence-electron chi connectivity index (χ1n) is 16.7. The molecule has 0 radical (unpaired) electrons. The van der Waals surface area contributed by atoms with Gasteiger partial charge in [-0.25, -0.2) is 18.7 Å². The van der Waals surface area contributed by atoms with Crippen LogP contribution in [0.2, 0.25) is 0 Å². The van der Waals surface area contributed by atoms with Gasteiger partial charge >= 0.3 is 0 Å². The minimum atomic E-state index is -0.296. The van der Waals surface area contributed by atoms with Gasteiger partial charge < -0.3 is 13.7 Å². The highest BCUT2D eigenvalue weighted by Gasteiger charge is 2.16. The minimum Gasteiger partial charge on any atom is -0.436 e. The van der Waals surface area contributed by atoms with Crippen LogP contribution in [-0.4, -0.2) is 23.1 Å². The van der Waals surface area contributed by atoms with E-state index < -0.39 is 0 Å². The number of oxazole rings is 2. The van der Waals surface area contributed by atoms with Crippen molar-refractivity contribution in [3.8, 4) is 56.3 Å². The lowest BCUT2D eigenvalue weighted by Crippen LogP contribution is -2.22. The Balaban J connectivity index is 0.955. The van der Waals surface area contributed by atoms with Gasteiger partial charge in [-0.15, -0.1) is 0 Å². The van der Waals surface area contributed by atoms with Crippen molar-refractivity contribution >= 4 is 27.9 Å². The standard InChI is InChI=1S/C43H33F2N3O2/c1-4-48(5-2)39-25-41-38(24-36(39)45)47-43(50-41)34-20-16-32(17-21-34)30-12-8-28(9-13-30)27-6-10-29(11-7-27)31-14-18-33(19-15-31)42-46-37-23-35(44)26(3)22-40(37)49-42/h6-25H,4-5H2,1-3H3. The monoisotopic (exact) mass is 661 g/mol. The molecule has 2 heterocycles. The maximum Gasteiger partial charge on any atom is 0.227 e. The van der Waals surface area contributed by atoms with E-state index in [0.29, 0.717) is 58.3 Å². The Morgan fingerprint density at radius 2 is 0.820 bits per heavy atom. The van der Waals surface area contributed by atoms with E-state index in [-0.39, 0.29) is 11.6 Å². The highest BCUT2D eigenvalue weighted by molar-refractivity contribution is 5.82. The zero-order valence-corrected chi connectivity index (χ0v) is 27.9. The summed E-state index contributed by atoms with van der Waals surface area (Å²) < 4.78 is 40.7. The topological polar surface area (TPSA) is 55.3 Å². The molecule has 0 N–H and O–H groups in total. The molecule has 0 fully saturated rings. The van der Waals surface area contributed by atoms with Gasteiger partial charge in [0.25, 0.3) is 0 Å². The third kappa shape index (κ3) is 5.81. The molecule has 6 aromatic carbocycles. The maximum absolute atomic E-state index is 14.8. The smallest absolute Gasteiger partial charge is 0.227 e. The van der Waals surface area contributed by atoms with Crippen molar-refractivity contribution in [1.29, 1.82) is 0 Å². The second kappa shape index (κ2) is 12.7. The SMILES string of the molecule is CCN(CC)c1cc2oc(-c3ccc(-c4ccc(-c5ccc(-c6ccc(-c7nc8cc(F)c(C)cc8o7)cc6)cc5)cc4)cc3)nc2cc1F. The van der Waals surface area contributed by atoms with Crippen molar-refractivity contribution in [1.82, 2.24) is 9.97 Å². The van der Waals surface area contributed by atoms with Gasteiger partial charge in [-0.3, -0.25) is 0 Å². The van der Waals surface area contributed by atoms with Crippen molar-refractivity contribution in [2.45, 2.75) is 20.8 Å². The molecule has 0 aliphatic carbocycles. The summed E-state index contributed by atoms with van der Waals surface area (Å²) in [6.45, 7) is 7.14. The molecular weight excluding hydrogens is 628 g/mol. The number of rotatable bonds is 8. The molecule has 0 bridgehead atoms. The average Bonchev–Trinajstić information content (AvgIpc) is 3.76. The maximum atomic E-state index is 14.8. The number of hydrogen-bond acceptors (Lipinski definition) is 5. The Kier molecular flexibility index (Phi) is 7.96. The van der Waals surface area contributed by atoms with Crippen molar-refractivity contribution in [2.24, 2.45) is 0 Å². The highest BCUT2D eigenvalue weighted by atomic mass is 19.1. The molecule has 246 valence electrons. The van der Waals surface area contributed by atoms with Crippen LogP contribution in [0.1, 0.15) is 19.4 Å². The number of anilines is 1. The van der Waals surface area contributed by atoms with Gasteiger partial charge in [0.1, 0.15) is 22.7 Å². The van der Waals surface area contributed by atoms with Gasteiger partial charge in [0.15, 0.2) is 11.2 Å². The number of nitrogens with zero attached hydrogens (tertiary/aromatic N) is 3. The molecule has 0 amide bonds. The number of aromatic nitrogens is 2. The van der Waals surface area contributed by atoms with Gasteiger partial charge in [-0.1, -0.05) is 72.8 Å². The summed E-state index contributed by atoms with van der Waals surface area (Å²) in [5.41, 5.74) is 11.5. The third-order valence-electron chi connectivity index (χ3n) is 9.26. The molecule has 8 rings (SSSR count). The second-order valence-corrected chi connectivity index (χ2v) is 12.4. The Morgan fingerprint density at radius 3 is 1.20 bits per heavy atom. The average molecular weight is 662 g/mol. The predicted molar refractivity (Wildman–Crippen MR) is 197 cm³/mol. The summed E-state index contributed by atoms with van der Waals surface area (Å²) in [7, 11) is 0. The summed E-state index contributed by atoms with van der Waals surface area (Å²) in [6.07, 6.45) is 0. The lowest BCUT2D eigenvalue weighted by molar-refractivity contribution is 0.609. The number of benzene rings is 6. The molecule has 0 spiro atoms. The number of aryl methyl sites for hydroxylation is 1. The van der Waals surface area contributed by atoms with Crippen LogP contribution in [0.25, 0.3) is 78.5 Å². The third-order valence-corrected chi connectivity index (χ3v) is 9.26. The first-order valence-corrected chi connectivity index (χ1v) is 16.7. The summed E-state index contributed by atoms with van der Waals surface area (Å²) in [5.74, 6) is 0.349. The number of hydrogen-bond donors (Lipinski definition) is 0. The molecule has 0 aliphatic heterocycles. The van der Waals surface area contributed by atoms with Gasteiger partial charge in [0, 0.05) is 42.4 Å². The molecule has 0 saturated carbocycles. The van der Waals surface area contributed by atoms with E-state index in [2.05, 4.69) is 58.5 Å². The summed E-state index contributed by atoms with van der Waals surface area (Å²) in [6, 6.07) is 39.3. The van der Waals surface area contributed by atoms with Gasteiger partial charge in [-0.05, 0) is 90.0 Å². The van der Waals surface area contributed by atoms with E-state index in [4.69, 9.17) is 8.83 Å². The van der Waals surface area contributed by atoms with Crippen LogP contribution in [-0.2, 0) is 0 Å². The Labute approximate surface area is 288 Å². The first-order chi connectivity index (χ1) is 24.4. The van der Waals surface area contributed by atoms with Crippen LogP contribution in [0.15, 0.2) is 130 Å². The highest BCUT2D eigenvalue weighted by Crippen LogP contribution is 2.33. The molecule has 8 aromatic rings. The van der Waals surface area contributed by atoms with Crippen LogP contribution >= 0.6 is 0 Å². The van der Waals surface area contributed by atoms with Crippen molar-refractivity contribution in [3.05, 3.63) is 139 Å². The van der Waals surface area contributed by atoms with E-state index in [9.17, 15) is 8.78 Å². The van der Waals surface area contributed by atoms with Crippen LogP contribution in [0.3, 0.4) is 0 Å².